The van der Waals surface area contributed by atoms with E-state index >= 15 is 0 Å². The molecule has 1 rings (SSSR count). The number of nitrogens with zero attached hydrogens (tertiary/aromatic N) is 4. The third-order valence-corrected chi connectivity index (χ3v) is 1.48. The van der Waals surface area contributed by atoms with Gasteiger partial charge >= 0.3 is 0 Å². The summed E-state index contributed by atoms with van der Waals surface area (Å²) in [5, 5.41) is 15.0. The largest absolute Gasteiger partial charge is 0.139 e. The van der Waals surface area contributed by atoms with Crippen LogP contribution in [0.2, 0.25) is 0 Å². The zero-order valence-corrected chi connectivity index (χ0v) is 8.79. The highest BCUT2D eigenvalue weighted by molar-refractivity contribution is 6.30. The third-order valence-electron chi connectivity index (χ3n) is 0.679. The predicted molar refractivity (Wildman–Crippen MR) is 36.8 cm³/mol. The van der Waals surface area contributed by atoms with Crippen molar-refractivity contribution in [2.45, 2.75) is 0 Å². The second kappa shape index (κ2) is 2.09. The molecule has 0 bridgehead atoms. The molecule has 42 valence electrons. The van der Waals surface area contributed by atoms with E-state index in [0.717, 1.165) is 31.4 Å². The average molecular weight is 142 g/mol. The van der Waals surface area contributed by atoms with Gasteiger partial charge in [-0.2, -0.15) is 0 Å². The van der Waals surface area contributed by atoms with Crippen LogP contribution in [0.5, 0.6) is 0 Å². The Balaban J connectivity index is 3.03. The summed E-state index contributed by atoms with van der Waals surface area (Å²) in [5.74, 6) is 0. The Morgan fingerprint density at radius 2 is 1.00 bits per heavy atom. The van der Waals surface area contributed by atoms with Crippen LogP contribution in [-0.2, 0) is 0 Å². The summed E-state index contributed by atoms with van der Waals surface area (Å²) in [6, 6.07) is 0. The molecule has 0 unspecified atom stereocenters. The molecule has 0 fully saturated rings. The molecule has 8 heavy (non-hydrogen) atoms. The summed E-state index contributed by atoms with van der Waals surface area (Å²) in [6.07, 6.45) is 0. The molecule has 1 aromatic rings. The lowest BCUT2D eigenvalue weighted by Gasteiger charge is -1.85. The lowest BCUT2D eigenvalue weighted by molar-refractivity contribution is 0.928. The summed E-state index contributed by atoms with van der Waals surface area (Å²) in [6.45, 7) is 0. The second-order valence-electron chi connectivity index (χ2n) is 1.49. The molecule has 0 spiro atoms. The van der Waals surface area contributed by atoms with Crippen molar-refractivity contribution in [3.63, 3.8) is 0 Å². The van der Waals surface area contributed by atoms with Crippen molar-refractivity contribution in [2.24, 2.45) is 0 Å². The van der Waals surface area contributed by atoms with Crippen LogP contribution in [0.4, 0.5) is 0 Å². The van der Waals surface area contributed by atoms with Gasteiger partial charge in [-0.15, -0.1) is 20.4 Å². The van der Waals surface area contributed by atoms with Crippen molar-refractivity contribution in [2.75, 3.05) is 0 Å². The zero-order valence-electron chi connectivity index (χ0n) is 4.79. The van der Waals surface area contributed by atoms with Gasteiger partial charge in [0.05, 0.1) is 20.5 Å². The molecule has 4 nitrogen and oxygen atoms in total. The molecule has 1 aromatic heterocycles. The Morgan fingerprint density at radius 1 is 0.750 bits per heavy atom. The molecule has 0 N–H and O–H groups in total. The van der Waals surface area contributed by atoms with E-state index in [-0.39, 0.29) is 0 Å². The molecule has 0 aromatic carbocycles. The first-order valence-corrected chi connectivity index (χ1v) is 4.29. The van der Waals surface area contributed by atoms with Gasteiger partial charge in [0, 0.05) is 0 Å². The molecule has 0 saturated heterocycles. The van der Waals surface area contributed by atoms with E-state index in [9.17, 15) is 0 Å². The Bertz CT molecular complexity index is 151. The van der Waals surface area contributed by atoms with Crippen molar-refractivity contribution in [3.05, 3.63) is 0 Å². The molecule has 0 atom stereocenters. The van der Waals surface area contributed by atoms with Gasteiger partial charge in [0.2, 0.25) is 0 Å². The highest BCUT2D eigenvalue weighted by Gasteiger charge is 1.85. The number of hydrogen-bond acceptors (Lipinski definition) is 4. The van der Waals surface area contributed by atoms with Gasteiger partial charge in [0.15, 0.2) is 0 Å². The van der Waals surface area contributed by atoms with Crippen LogP contribution < -0.4 is 10.9 Å². The summed E-state index contributed by atoms with van der Waals surface area (Å²) < 4.78 is 0. The maximum atomic E-state index is 3.75. The lowest BCUT2D eigenvalue weighted by Crippen LogP contribution is -2.26. The SMILES string of the molecule is [SiH3]c1nnc([SiH3])nn1. The fourth-order valence-electron chi connectivity index (χ4n) is 0.329. The smallest absolute Gasteiger partial charge is 0.139 e. The summed E-state index contributed by atoms with van der Waals surface area (Å²) in [5.41, 5.74) is 1.54. The zero-order chi connectivity index (χ0) is 5.98. The van der Waals surface area contributed by atoms with Gasteiger partial charge in [-0.3, -0.25) is 0 Å². The van der Waals surface area contributed by atoms with Crippen LogP contribution in [0.25, 0.3) is 0 Å². The lowest BCUT2D eigenvalue weighted by atomic mass is 11.3. The molecule has 0 aliphatic carbocycles. The summed E-state index contributed by atoms with van der Waals surface area (Å²) >= 11 is 0. The Kier molecular flexibility index (Phi) is 1.44. The minimum atomic E-state index is 0.768. The minimum absolute atomic E-state index is 0.768. The number of aromatic nitrogens is 4. The van der Waals surface area contributed by atoms with E-state index in [1.807, 2.05) is 0 Å². The molecule has 6 heteroatoms. The Labute approximate surface area is 52.6 Å². The number of hydrogen-bond donors (Lipinski definition) is 0. The first-order chi connectivity index (χ1) is 3.79. The maximum Gasteiger partial charge on any atom is 0.139 e. The van der Waals surface area contributed by atoms with Gasteiger partial charge < -0.3 is 0 Å². The van der Waals surface area contributed by atoms with E-state index in [1.54, 1.807) is 0 Å². The van der Waals surface area contributed by atoms with Crippen molar-refractivity contribution in [1.29, 1.82) is 0 Å². The fraction of sp³-hybridized carbons (Fsp3) is 0. The van der Waals surface area contributed by atoms with Crippen LogP contribution in [-0.4, -0.2) is 40.9 Å². The topological polar surface area (TPSA) is 51.6 Å². The van der Waals surface area contributed by atoms with E-state index in [1.165, 1.54) is 0 Å². The number of rotatable bonds is 0. The van der Waals surface area contributed by atoms with Crippen LogP contribution >= 0.6 is 0 Å². The minimum Gasteiger partial charge on any atom is -0.139 e. The summed E-state index contributed by atoms with van der Waals surface area (Å²) in [7, 11) is 1.68. The van der Waals surface area contributed by atoms with Crippen molar-refractivity contribution in [1.82, 2.24) is 20.4 Å². The van der Waals surface area contributed by atoms with Crippen molar-refractivity contribution < 1.29 is 0 Å². The van der Waals surface area contributed by atoms with Crippen LogP contribution in [0, 0.1) is 0 Å². The molecule has 0 saturated carbocycles. The van der Waals surface area contributed by atoms with E-state index < -0.39 is 0 Å². The van der Waals surface area contributed by atoms with Crippen LogP contribution in [0.1, 0.15) is 0 Å². The molecule has 0 aliphatic rings. The van der Waals surface area contributed by atoms with Gasteiger partial charge in [0.1, 0.15) is 10.9 Å². The highest BCUT2D eigenvalue weighted by atomic mass is 28.1. The quantitative estimate of drug-likeness (QED) is 0.341. The second-order valence-corrected chi connectivity index (χ2v) is 3.28. The fourth-order valence-corrected chi connectivity index (χ4v) is 0.729. The predicted octanol–water partition coefficient (Wildman–Crippen LogP) is -4.75. The molecule has 0 radical (unpaired) electrons. The van der Waals surface area contributed by atoms with Gasteiger partial charge in [-0.1, -0.05) is 0 Å². The van der Waals surface area contributed by atoms with Gasteiger partial charge in [-0.25, -0.2) is 0 Å². The average Bonchev–Trinajstić information content (AvgIpc) is 1.77. The normalized spacial score (nSPS) is 10.0. The first-order valence-electron chi connectivity index (χ1n) is 2.29. The maximum absolute atomic E-state index is 3.75. The van der Waals surface area contributed by atoms with Crippen molar-refractivity contribution >= 4 is 31.4 Å². The van der Waals surface area contributed by atoms with Crippen molar-refractivity contribution in [3.8, 4) is 0 Å². The van der Waals surface area contributed by atoms with Gasteiger partial charge in [-0.05, 0) is 0 Å². The highest BCUT2D eigenvalue weighted by Crippen LogP contribution is 1.43. The molecular weight excluding hydrogens is 136 g/mol. The molecule has 0 amide bonds. The molecule has 1 heterocycles. The monoisotopic (exact) mass is 142 g/mol. The van der Waals surface area contributed by atoms with E-state index in [4.69, 9.17) is 0 Å². The standard InChI is InChI=1S/C2H6N4Si2/c7-1-3-5-2(8)6-4-1/h7-8H3. The molecule has 0 aliphatic heterocycles. The van der Waals surface area contributed by atoms with Crippen LogP contribution in [0.3, 0.4) is 0 Å². The Hall–Kier alpha value is -0.626. The van der Waals surface area contributed by atoms with Gasteiger partial charge in [0.25, 0.3) is 0 Å². The van der Waals surface area contributed by atoms with Crippen LogP contribution in [0.15, 0.2) is 0 Å². The first kappa shape index (κ1) is 5.51. The molecular formula is C2H6N4Si2. The Morgan fingerprint density at radius 3 is 1.25 bits per heavy atom. The third kappa shape index (κ3) is 1.17. The van der Waals surface area contributed by atoms with E-state index in [2.05, 4.69) is 20.4 Å². The van der Waals surface area contributed by atoms with E-state index in [0.29, 0.717) is 0 Å². The summed E-state index contributed by atoms with van der Waals surface area (Å²) in [4.78, 5) is 0.